The molecule has 6 atom stereocenters. The third kappa shape index (κ3) is 6.70. The number of aliphatic hydroxyl groups excluding tert-OH is 1. The smallest absolute Gasteiger partial charge is 0.330 e. The van der Waals surface area contributed by atoms with Gasteiger partial charge in [0.15, 0.2) is 11.9 Å². The van der Waals surface area contributed by atoms with Crippen molar-refractivity contribution in [1.82, 2.24) is 14.4 Å². The molecule has 3 rings (SSSR count). The number of rotatable bonds is 10. The first kappa shape index (κ1) is 28.7. The third-order valence-electron chi connectivity index (χ3n) is 5.43. The minimum Gasteiger partial charge on any atom is -0.462 e. The number of aliphatic hydroxyl groups is 1. The van der Waals surface area contributed by atoms with Crippen molar-refractivity contribution in [3.05, 3.63) is 63.2 Å². The molecule has 2 aromatic rings. The molecule has 2 unspecified atom stereocenters. The van der Waals surface area contributed by atoms with Gasteiger partial charge in [0.05, 0.1) is 12.7 Å². The Hall–Kier alpha value is -2.90. The van der Waals surface area contributed by atoms with Crippen LogP contribution in [0.2, 0.25) is 0 Å². The number of hydrogen-bond acceptors (Lipinski definition) is 9. The second-order valence-electron chi connectivity index (χ2n) is 8.75. The van der Waals surface area contributed by atoms with Crippen LogP contribution in [0.3, 0.4) is 0 Å². The van der Waals surface area contributed by atoms with Gasteiger partial charge in [-0.1, -0.05) is 4.83 Å². The number of carbonyl (C=O) groups is 1. The average Bonchev–Trinajstić information content (AvgIpc) is 3.04. The Balaban J connectivity index is 1.76. The molecule has 15 heteroatoms. The van der Waals surface area contributed by atoms with Crippen LogP contribution in [0, 0.1) is 5.82 Å². The Morgan fingerprint density at radius 3 is 2.51 bits per heavy atom. The van der Waals surface area contributed by atoms with E-state index in [1.54, 1.807) is 13.8 Å². The molecular formula is C22H28F2N3O9P. The molecule has 0 spiro atoms. The Labute approximate surface area is 210 Å². The van der Waals surface area contributed by atoms with Crippen LogP contribution in [0.4, 0.5) is 8.78 Å². The van der Waals surface area contributed by atoms with Crippen LogP contribution < -0.4 is 16.1 Å². The van der Waals surface area contributed by atoms with E-state index in [-0.39, 0.29) is 5.75 Å². The highest BCUT2D eigenvalue weighted by molar-refractivity contribution is 7.36. The molecule has 2 heterocycles. The third-order valence-corrected chi connectivity index (χ3v) is 6.69. The lowest BCUT2D eigenvalue weighted by Gasteiger charge is -2.27. The number of aromatic nitrogens is 2. The number of carbonyl (C=O) groups excluding carboxylic acids is 1. The van der Waals surface area contributed by atoms with Gasteiger partial charge < -0.3 is 23.9 Å². The maximum atomic E-state index is 15.4. The summed E-state index contributed by atoms with van der Waals surface area (Å²) in [6.07, 6.45) is -4.31. The van der Waals surface area contributed by atoms with Crippen LogP contribution >= 0.6 is 8.18 Å². The van der Waals surface area contributed by atoms with Gasteiger partial charge in [0.25, 0.3) is 13.7 Å². The largest absolute Gasteiger partial charge is 0.462 e. The topological polar surface area (TPSA) is 149 Å². The van der Waals surface area contributed by atoms with Crippen molar-refractivity contribution in [3.8, 4) is 5.75 Å². The molecule has 0 radical (unpaired) electrons. The summed E-state index contributed by atoms with van der Waals surface area (Å²) in [5.41, 5.74) is -4.16. The molecule has 1 aliphatic heterocycles. The summed E-state index contributed by atoms with van der Waals surface area (Å²) in [4.78, 5) is 44.1. The fourth-order valence-electron chi connectivity index (χ4n) is 3.49. The van der Waals surface area contributed by atoms with Crippen LogP contribution in [0.1, 0.15) is 33.9 Å². The highest BCUT2D eigenvalue weighted by Gasteiger charge is 2.55. The number of hydrogen-bond donors (Lipinski definition) is 2. The molecule has 0 aliphatic carbocycles. The Morgan fingerprint density at radius 1 is 1.27 bits per heavy atom. The lowest BCUT2D eigenvalue weighted by Crippen LogP contribution is -2.43. The second kappa shape index (κ2) is 11.7. The standard InChI is InChI=1S/C22H28F2N3O9P/c1-12(2)34-19(30)13(3)27(36-15-7-5-14(23)6-8-15)37(32)33-11-16-18(29)22(4,24)20(35-16)26-10-9-17(28)25-21(26)31/h5-10,12-13,16,18,20,29,37H,11H2,1-4H3,(H,25,28,31)/t13?,16-,18-,20-,22-/m1/s1. The van der Waals surface area contributed by atoms with E-state index in [0.29, 0.717) is 0 Å². The van der Waals surface area contributed by atoms with Crippen molar-refractivity contribution >= 4 is 14.1 Å². The summed E-state index contributed by atoms with van der Waals surface area (Å²) in [5, 5.41) is 10.5. The number of aromatic amines is 1. The van der Waals surface area contributed by atoms with Crippen molar-refractivity contribution in [2.45, 2.75) is 63.9 Å². The first-order valence-electron chi connectivity index (χ1n) is 11.2. The molecule has 1 fully saturated rings. The molecule has 0 amide bonds. The minimum absolute atomic E-state index is 0.0403. The highest BCUT2D eigenvalue weighted by atomic mass is 31.1. The van der Waals surface area contributed by atoms with Crippen LogP contribution in [0.25, 0.3) is 0 Å². The molecule has 204 valence electrons. The van der Waals surface area contributed by atoms with Crippen LogP contribution in [0.5, 0.6) is 5.75 Å². The maximum Gasteiger partial charge on any atom is 0.330 e. The average molecular weight is 547 g/mol. The molecule has 1 aromatic heterocycles. The van der Waals surface area contributed by atoms with E-state index in [0.717, 1.165) is 40.7 Å². The summed E-state index contributed by atoms with van der Waals surface area (Å²) in [6, 6.07) is 4.40. The van der Waals surface area contributed by atoms with Gasteiger partial charge >= 0.3 is 11.7 Å². The first-order valence-corrected chi connectivity index (χ1v) is 12.5. The van der Waals surface area contributed by atoms with Crippen LogP contribution in [-0.4, -0.2) is 62.1 Å². The molecular weight excluding hydrogens is 519 g/mol. The van der Waals surface area contributed by atoms with Crippen molar-refractivity contribution in [2.24, 2.45) is 0 Å². The van der Waals surface area contributed by atoms with Crippen molar-refractivity contribution in [3.63, 3.8) is 0 Å². The fourth-order valence-corrected chi connectivity index (χ4v) is 4.53. The number of esters is 1. The number of benzene rings is 1. The normalized spacial score (nSPS) is 25.3. The highest BCUT2D eigenvalue weighted by Crippen LogP contribution is 2.42. The van der Waals surface area contributed by atoms with Crippen molar-refractivity contribution < 1.29 is 42.1 Å². The molecule has 2 N–H and O–H groups in total. The summed E-state index contributed by atoms with van der Waals surface area (Å²) < 4.78 is 58.4. The number of H-pyrrole nitrogens is 1. The zero-order chi connectivity index (χ0) is 27.5. The van der Waals surface area contributed by atoms with Crippen LogP contribution in [-0.2, 0) is 23.4 Å². The molecule has 37 heavy (non-hydrogen) atoms. The van der Waals surface area contributed by atoms with Gasteiger partial charge in [0.1, 0.15) is 29.8 Å². The zero-order valence-corrected chi connectivity index (χ0v) is 21.4. The van der Waals surface area contributed by atoms with E-state index in [9.17, 15) is 28.4 Å². The number of alkyl halides is 1. The quantitative estimate of drug-likeness (QED) is 0.256. The van der Waals surface area contributed by atoms with Crippen molar-refractivity contribution in [1.29, 1.82) is 0 Å². The van der Waals surface area contributed by atoms with Gasteiger partial charge in [-0.2, -0.15) is 0 Å². The number of halogens is 2. The SMILES string of the molecule is CC(C)OC(=O)C(C)N(Oc1ccc(F)cc1)[PH](=O)OC[C@H]1O[C@@H](n2ccc(=O)[nH]c2=O)[C@](C)(F)[C@@H]1O. The Bertz CT molecular complexity index is 1230. The van der Waals surface area contributed by atoms with E-state index in [2.05, 4.69) is 0 Å². The molecule has 1 saturated heterocycles. The number of hydroxylamine groups is 1. The summed E-state index contributed by atoms with van der Waals surface area (Å²) >= 11 is 0. The van der Waals surface area contributed by atoms with E-state index < -0.39 is 74.1 Å². The van der Waals surface area contributed by atoms with Crippen molar-refractivity contribution in [2.75, 3.05) is 6.61 Å². The van der Waals surface area contributed by atoms with Gasteiger partial charge in [-0.25, -0.2) is 13.6 Å². The summed E-state index contributed by atoms with van der Waals surface area (Å²) in [6.45, 7) is 4.95. The van der Waals surface area contributed by atoms with Crippen LogP contribution in [0.15, 0.2) is 46.1 Å². The Kier molecular flexibility index (Phi) is 9.03. The lowest BCUT2D eigenvalue weighted by atomic mass is 9.98. The predicted octanol–water partition coefficient (Wildman–Crippen LogP) is 1.70. The molecule has 1 aromatic carbocycles. The number of nitrogens with one attached hydrogen (secondary N) is 1. The minimum atomic E-state index is -3.42. The van der Waals surface area contributed by atoms with Gasteiger partial charge in [-0.05, 0) is 52.0 Å². The lowest BCUT2D eigenvalue weighted by molar-refractivity contribution is -0.159. The summed E-state index contributed by atoms with van der Waals surface area (Å²) in [5.74, 6) is -1.29. The second-order valence-corrected chi connectivity index (χ2v) is 10.0. The van der Waals surface area contributed by atoms with E-state index in [1.807, 2.05) is 4.98 Å². The van der Waals surface area contributed by atoms with Gasteiger partial charge in [-0.3, -0.25) is 23.7 Å². The molecule has 12 nitrogen and oxygen atoms in total. The number of nitrogens with zero attached hydrogens (tertiary/aromatic N) is 2. The monoisotopic (exact) mass is 547 g/mol. The molecule has 1 aliphatic rings. The Morgan fingerprint density at radius 2 is 1.92 bits per heavy atom. The molecule has 0 saturated carbocycles. The van der Waals surface area contributed by atoms with Gasteiger partial charge in [-0.15, -0.1) is 0 Å². The zero-order valence-electron chi connectivity index (χ0n) is 20.4. The molecule has 0 bridgehead atoms. The summed E-state index contributed by atoms with van der Waals surface area (Å²) in [7, 11) is -3.42. The van der Waals surface area contributed by atoms with E-state index >= 15 is 4.39 Å². The fraction of sp³-hybridized carbons (Fsp3) is 0.500. The van der Waals surface area contributed by atoms with E-state index in [4.69, 9.17) is 18.8 Å². The predicted molar refractivity (Wildman–Crippen MR) is 125 cm³/mol. The maximum absolute atomic E-state index is 15.4. The number of ether oxygens (including phenoxy) is 2. The first-order chi connectivity index (χ1) is 17.3. The van der Waals surface area contributed by atoms with Gasteiger partial charge in [0.2, 0.25) is 0 Å². The van der Waals surface area contributed by atoms with Gasteiger partial charge in [0, 0.05) is 12.3 Å². The van der Waals surface area contributed by atoms with E-state index in [1.165, 1.54) is 19.1 Å².